The Hall–Kier alpha value is -1.05. The summed E-state index contributed by atoms with van der Waals surface area (Å²) in [7, 11) is 0. The molecular formula is C19H35NO. The van der Waals surface area contributed by atoms with E-state index in [1.165, 1.54) is 51.4 Å². The molecule has 122 valence electrons. The molecule has 1 amide bonds. The minimum Gasteiger partial charge on any atom is -0.356 e. The number of allylic oxidation sites excluding steroid dienone is 2. The summed E-state index contributed by atoms with van der Waals surface area (Å²) in [5, 5.41) is 3.02. The smallest absolute Gasteiger partial charge is 0.219 e. The molecule has 2 nitrogen and oxygen atoms in total. The Kier molecular flexibility index (Phi) is 16.2. The zero-order valence-electron chi connectivity index (χ0n) is 13.9. The molecule has 0 saturated heterocycles. The summed E-state index contributed by atoms with van der Waals surface area (Å²) in [6.07, 6.45) is 19.0. The van der Waals surface area contributed by atoms with Gasteiger partial charge in [-0.25, -0.2) is 0 Å². The Morgan fingerprint density at radius 2 is 1.19 bits per heavy atom. The zero-order valence-corrected chi connectivity index (χ0v) is 13.9. The summed E-state index contributed by atoms with van der Waals surface area (Å²) in [4.78, 5) is 11.6. The van der Waals surface area contributed by atoms with E-state index in [1.54, 1.807) is 0 Å². The van der Waals surface area contributed by atoms with E-state index >= 15 is 0 Å². The third-order valence-electron chi connectivity index (χ3n) is 3.72. The van der Waals surface area contributed by atoms with Crippen molar-refractivity contribution >= 4 is 5.91 Å². The minimum atomic E-state index is 0.229. The van der Waals surface area contributed by atoms with Gasteiger partial charge in [0.05, 0.1) is 0 Å². The molecule has 0 heterocycles. The Labute approximate surface area is 132 Å². The Morgan fingerprint density at radius 3 is 1.76 bits per heavy atom. The maximum absolute atomic E-state index is 11.6. The van der Waals surface area contributed by atoms with Crippen LogP contribution in [0.3, 0.4) is 0 Å². The van der Waals surface area contributed by atoms with Crippen LogP contribution < -0.4 is 5.32 Å². The van der Waals surface area contributed by atoms with Crippen molar-refractivity contribution in [3.63, 3.8) is 0 Å². The van der Waals surface area contributed by atoms with E-state index in [0.717, 1.165) is 32.2 Å². The fourth-order valence-corrected chi connectivity index (χ4v) is 2.36. The first kappa shape index (κ1) is 19.9. The highest BCUT2D eigenvalue weighted by molar-refractivity contribution is 5.75. The van der Waals surface area contributed by atoms with Gasteiger partial charge in [0.1, 0.15) is 0 Å². The van der Waals surface area contributed by atoms with Crippen LogP contribution in [0.1, 0.15) is 83.5 Å². The van der Waals surface area contributed by atoms with Crippen molar-refractivity contribution in [2.45, 2.75) is 83.5 Å². The maximum atomic E-state index is 11.6. The first-order chi connectivity index (χ1) is 10.3. The summed E-state index contributed by atoms with van der Waals surface area (Å²) in [6.45, 7) is 8.29. The standard InChI is InChI=1S/C19H35NO/c1-3-5-7-9-11-12-13-15-17-19(21)20-18-16-14-10-8-6-4-2/h3-4H,1-2,5-18H2,(H,20,21). The van der Waals surface area contributed by atoms with E-state index in [1.807, 2.05) is 12.2 Å². The van der Waals surface area contributed by atoms with Crippen molar-refractivity contribution in [2.75, 3.05) is 6.54 Å². The van der Waals surface area contributed by atoms with Crippen molar-refractivity contribution in [2.24, 2.45) is 0 Å². The fraction of sp³-hybridized carbons (Fsp3) is 0.737. The van der Waals surface area contributed by atoms with Gasteiger partial charge in [-0.1, -0.05) is 50.7 Å². The molecule has 0 aromatic carbocycles. The monoisotopic (exact) mass is 293 g/mol. The van der Waals surface area contributed by atoms with Gasteiger partial charge in [-0.15, -0.1) is 13.2 Å². The Morgan fingerprint density at radius 1 is 0.714 bits per heavy atom. The molecule has 0 aliphatic heterocycles. The highest BCUT2D eigenvalue weighted by Gasteiger charge is 2.00. The highest BCUT2D eigenvalue weighted by Crippen LogP contribution is 2.08. The SMILES string of the molecule is C=CCCCCCCCCC(=O)NCCCCCCC=C. The second-order valence-corrected chi connectivity index (χ2v) is 5.79. The predicted octanol–water partition coefficient (Wildman–Crippen LogP) is 5.55. The predicted molar refractivity (Wildman–Crippen MR) is 93.4 cm³/mol. The molecular weight excluding hydrogens is 258 g/mol. The lowest BCUT2D eigenvalue weighted by Gasteiger charge is -2.05. The largest absolute Gasteiger partial charge is 0.356 e. The number of amides is 1. The first-order valence-corrected chi connectivity index (χ1v) is 8.79. The Balaban J connectivity index is 3.16. The van der Waals surface area contributed by atoms with Gasteiger partial charge in [0, 0.05) is 13.0 Å². The molecule has 0 unspecified atom stereocenters. The van der Waals surface area contributed by atoms with Crippen molar-refractivity contribution in [3.8, 4) is 0 Å². The van der Waals surface area contributed by atoms with Crippen LogP contribution in [0.5, 0.6) is 0 Å². The van der Waals surface area contributed by atoms with Crippen LogP contribution in [0.4, 0.5) is 0 Å². The lowest BCUT2D eigenvalue weighted by Crippen LogP contribution is -2.23. The van der Waals surface area contributed by atoms with Crippen LogP contribution >= 0.6 is 0 Å². The van der Waals surface area contributed by atoms with Crippen LogP contribution in [-0.4, -0.2) is 12.5 Å². The fourth-order valence-electron chi connectivity index (χ4n) is 2.36. The molecule has 0 atom stereocenters. The minimum absolute atomic E-state index is 0.229. The third-order valence-corrected chi connectivity index (χ3v) is 3.72. The average Bonchev–Trinajstić information content (AvgIpc) is 2.49. The quantitative estimate of drug-likeness (QED) is 0.293. The lowest BCUT2D eigenvalue weighted by atomic mass is 10.1. The van der Waals surface area contributed by atoms with Crippen LogP contribution in [0, 0.1) is 0 Å². The van der Waals surface area contributed by atoms with Gasteiger partial charge in [-0.2, -0.15) is 0 Å². The van der Waals surface area contributed by atoms with Crippen molar-refractivity contribution < 1.29 is 4.79 Å². The molecule has 0 aliphatic rings. The van der Waals surface area contributed by atoms with Gasteiger partial charge in [0.15, 0.2) is 0 Å². The lowest BCUT2D eigenvalue weighted by molar-refractivity contribution is -0.121. The van der Waals surface area contributed by atoms with Crippen LogP contribution in [0.25, 0.3) is 0 Å². The van der Waals surface area contributed by atoms with Crippen molar-refractivity contribution in [1.82, 2.24) is 5.32 Å². The number of rotatable bonds is 16. The number of carbonyl (C=O) groups excluding carboxylic acids is 1. The molecule has 0 radical (unpaired) electrons. The maximum Gasteiger partial charge on any atom is 0.219 e. The van der Waals surface area contributed by atoms with Crippen LogP contribution in [-0.2, 0) is 4.79 Å². The van der Waals surface area contributed by atoms with E-state index < -0.39 is 0 Å². The van der Waals surface area contributed by atoms with E-state index in [-0.39, 0.29) is 5.91 Å². The number of hydrogen-bond acceptors (Lipinski definition) is 1. The van der Waals surface area contributed by atoms with E-state index in [2.05, 4.69) is 18.5 Å². The van der Waals surface area contributed by atoms with Crippen molar-refractivity contribution in [3.05, 3.63) is 25.3 Å². The number of hydrogen-bond donors (Lipinski definition) is 1. The van der Waals surface area contributed by atoms with Gasteiger partial charge < -0.3 is 5.32 Å². The topological polar surface area (TPSA) is 29.1 Å². The molecule has 0 bridgehead atoms. The molecule has 0 aromatic rings. The highest BCUT2D eigenvalue weighted by atomic mass is 16.1. The molecule has 0 aliphatic carbocycles. The second kappa shape index (κ2) is 17.0. The second-order valence-electron chi connectivity index (χ2n) is 5.79. The Bertz CT molecular complexity index is 260. The summed E-state index contributed by atoms with van der Waals surface area (Å²) in [6, 6.07) is 0. The zero-order chi connectivity index (χ0) is 15.6. The van der Waals surface area contributed by atoms with Gasteiger partial charge in [0.2, 0.25) is 5.91 Å². The summed E-state index contributed by atoms with van der Waals surface area (Å²) < 4.78 is 0. The molecule has 0 saturated carbocycles. The van der Waals surface area contributed by atoms with Crippen LogP contribution in [0.2, 0.25) is 0 Å². The summed E-state index contributed by atoms with van der Waals surface area (Å²) in [5.74, 6) is 0.229. The molecule has 0 fully saturated rings. The van der Waals surface area contributed by atoms with Gasteiger partial charge >= 0.3 is 0 Å². The van der Waals surface area contributed by atoms with E-state index in [4.69, 9.17) is 0 Å². The van der Waals surface area contributed by atoms with Crippen molar-refractivity contribution in [1.29, 1.82) is 0 Å². The number of unbranched alkanes of at least 4 members (excludes halogenated alkanes) is 10. The normalized spacial score (nSPS) is 10.3. The summed E-state index contributed by atoms with van der Waals surface area (Å²) in [5.41, 5.74) is 0. The van der Waals surface area contributed by atoms with Gasteiger partial charge in [-0.3, -0.25) is 4.79 Å². The summed E-state index contributed by atoms with van der Waals surface area (Å²) >= 11 is 0. The average molecular weight is 293 g/mol. The van der Waals surface area contributed by atoms with Gasteiger partial charge in [0.25, 0.3) is 0 Å². The van der Waals surface area contributed by atoms with Crippen LogP contribution in [0.15, 0.2) is 25.3 Å². The molecule has 0 aromatic heterocycles. The third kappa shape index (κ3) is 16.9. The number of carbonyl (C=O) groups is 1. The molecule has 21 heavy (non-hydrogen) atoms. The van der Waals surface area contributed by atoms with E-state index in [9.17, 15) is 4.79 Å². The van der Waals surface area contributed by atoms with Gasteiger partial charge in [-0.05, 0) is 38.5 Å². The molecule has 0 rings (SSSR count). The molecule has 1 N–H and O–H groups in total. The van der Waals surface area contributed by atoms with E-state index in [0.29, 0.717) is 6.42 Å². The molecule has 2 heteroatoms. The molecule has 0 spiro atoms. The number of nitrogens with one attached hydrogen (secondary N) is 1. The first-order valence-electron chi connectivity index (χ1n) is 8.79.